The van der Waals surface area contributed by atoms with Crippen LogP contribution >= 0.6 is 0 Å². The first-order valence-corrected chi connectivity index (χ1v) is 12.1. The van der Waals surface area contributed by atoms with Crippen LogP contribution in [-0.4, -0.2) is 37.5 Å². The highest BCUT2D eigenvalue weighted by Crippen LogP contribution is 2.45. The van der Waals surface area contributed by atoms with Crippen LogP contribution in [-0.2, 0) is 15.9 Å². The zero-order chi connectivity index (χ0) is 26.1. The van der Waals surface area contributed by atoms with Gasteiger partial charge in [-0.05, 0) is 62.9 Å². The van der Waals surface area contributed by atoms with Crippen LogP contribution in [0.4, 0.5) is 19.0 Å². The third-order valence-corrected chi connectivity index (χ3v) is 7.20. The molecular formula is C27H26F3N5O2. The van der Waals surface area contributed by atoms with E-state index in [4.69, 9.17) is 15.2 Å². The number of fused-ring (bicyclic) bond motifs is 3. The van der Waals surface area contributed by atoms with Crippen molar-refractivity contribution in [3.05, 3.63) is 71.2 Å². The topological polar surface area (TPSA) is 88.1 Å². The first-order valence-electron chi connectivity index (χ1n) is 12.1. The van der Waals surface area contributed by atoms with E-state index in [1.807, 2.05) is 30.7 Å². The highest BCUT2D eigenvalue weighted by molar-refractivity contribution is 5.87. The summed E-state index contributed by atoms with van der Waals surface area (Å²) in [7, 11) is 0. The Morgan fingerprint density at radius 2 is 1.89 bits per heavy atom. The lowest BCUT2D eigenvalue weighted by Gasteiger charge is -2.22. The van der Waals surface area contributed by atoms with Crippen LogP contribution in [0, 0.1) is 12.7 Å². The van der Waals surface area contributed by atoms with Crippen LogP contribution in [0.5, 0.6) is 0 Å². The predicted octanol–water partition coefficient (Wildman–Crippen LogP) is 5.58. The number of nitrogens with zero attached hydrogens (tertiary/aromatic N) is 4. The summed E-state index contributed by atoms with van der Waals surface area (Å²) < 4.78 is 56.8. The molecule has 1 saturated heterocycles. The Kier molecular flexibility index (Phi) is 5.50. The third-order valence-electron chi connectivity index (χ3n) is 7.20. The van der Waals surface area contributed by atoms with Crippen molar-refractivity contribution in [2.24, 2.45) is 0 Å². The lowest BCUT2D eigenvalue weighted by Crippen LogP contribution is -2.27. The van der Waals surface area contributed by atoms with Gasteiger partial charge in [0.25, 0.3) is 6.43 Å². The molecule has 4 heterocycles. The molecule has 0 bridgehead atoms. The van der Waals surface area contributed by atoms with Crippen molar-refractivity contribution in [1.29, 1.82) is 0 Å². The van der Waals surface area contributed by atoms with Crippen molar-refractivity contribution in [1.82, 2.24) is 19.5 Å². The molecular weight excluding hydrogens is 483 g/mol. The first-order chi connectivity index (χ1) is 17.6. The van der Waals surface area contributed by atoms with Gasteiger partial charge in [0.2, 0.25) is 0 Å². The van der Waals surface area contributed by atoms with E-state index in [2.05, 4.69) is 21.0 Å². The number of hydrogen-bond acceptors (Lipinski definition) is 6. The Morgan fingerprint density at radius 1 is 1.08 bits per heavy atom. The van der Waals surface area contributed by atoms with Crippen LogP contribution in [0.15, 0.2) is 48.6 Å². The summed E-state index contributed by atoms with van der Waals surface area (Å²) in [6.45, 7) is 5.44. The normalized spacial score (nSPS) is 22.8. The second kappa shape index (κ2) is 8.53. The molecule has 1 aromatic carbocycles. The molecule has 2 N–H and O–H groups in total. The molecule has 3 atom stereocenters. The van der Waals surface area contributed by atoms with Crippen LogP contribution in [0.1, 0.15) is 49.6 Å². The molecule has 0 spiro atoms. The van der Waals surface area contributed by atoms with Crippen LogP contribution in [0.25, 0.3) is 21.8 Å². The van der Waals surface area contributed by atoms with Gasteiger partial charge >= 0.3 is 0 Å². The minimum atomic E-state index is -2.92. The first kappa shape index (κ1) is 23.9. The van der Waals surface area contributed by atoms with Crippen molar-refractivity contribution in [3.8, 4) is 0 Å². The average Bonchev–Trinajstić information content (AvgIpc) is 3.50. The zero-order valence-corrected chi connectivity index (χ0v) is 20.6. The molecule has 192 valence electrons. The fourth-order valence-electron chi connectivity index (χ4n) is 5.56. The van der Waals surface area contributed by atoms with E-state index in [0.717, 1.165) is 11.0 Å². The summed E-state index contributed by atoms with van der Waals surface area (Å²) in [5.41, 5.74) is 8.30. The minimum Gasteiger partial charge on any atom is -0.383 e. The van der Waals surface area contributed by atoms with Gasteiger partial charge in [-0.3, -0.25) is 4.98 Å². The van der Waals surface area contributed by atoms with Crippen molar-refractivity contribution < 1.29 is 22.6 Å². The monoisotopic (exact) mass is 509 g/mol. The Hall–Kier alpha value is -3.50. The SMILES string of the molecule is Cc1cc2c(F)c(C(F)F)cc(CCC3=C[C@@H](n4ccc5c(N)ncnc54)[C@@H]4OC(C)(C)O[C@H]34)c2cn1. The number of aromatic nitrogens is 4. The minimum absolute atomic E-state index is 0.161. The fourth-order valence-corrected chi connectivity index (χ4v) is 5.56. The summed E-state index contributed by atoms with van der Waals surface area (Å²) in [4.78, 5) is 12.8. The molecule has 4 aromatic rings. The molecule has 10 heteroatoms. The number of nitrogen functional groups attached to an aromatic ring is 1. The molecule has 0 amide bonds. The number of nitrogens with two attached hydrogens (primary N) is 1. The van der Waals surface area contributed by atoms with Crippen molar-refractivity contribution in [2.75, 3.05) is 5.73 Å². The van der Waals surface area contributed by atoms with Crippen LogP contribution in [0.2, 0.25) is 0 Å². The molecule has 0 unspecified atom stereocenters. The number of ether oxygens (including phenoxy) is 2. The van der Waals surface area contributed by atoms with Gasteiger partial charge in [-0.25, -0.2) is 23.1 Å². The lowest BCUT2D eigenvalue weighted by atomic mass is 9.95. The second-order valence-corrected chi connectivity index (χ2v) is 10.1. The van der Waals surface area contributed by atoms with Gasteiger partial charge in [-0.2, -0.15) is 0 Å². The highest BCUT2D eigenvalue weighted by atomic mass is 19.3. The Balaban J connectivity index is 1.38. The van der Waals surface area contributed by atoms with Crippen LogP contribution in [0.3, 0.4) is 0 Å². The number of aryl methyl sites for hydroxylation is 2. The van der Waals surface area contributed by atoms with Crippen molar-refractivity contribution >= 4 is 27.6 Å². The van der Waals surface area contributed by atoms with Crippen LogP contribution < -0.4 is 5.73 Å². The Bertz CT molecular complexity index is 1560. The lowest BCUT2D eigenvalue weighted by molar-refractivity contribution is -0.147. The van der Waals surface area contributed by atoms with Gasteiger partial charge in [-0.1, -0.05) is 6.08 Å². The molecule has 2 aliphatic rings. The number of alkyl halides is 2. The summed E-state index contributed by atoms with van der Waals surface area (Å²) in [5.74, 6) is -1.29. The molecule has 0 saturated carbocycles. The fraction of sp³-hybridized carbons (Fsp3) is 0.370. The summed E-state index contributed by atoms with van der Waals surface area (Å²) in [6.07, 6.45) is 4.37. The van der Waals surface area contributed by atoms with E-state index in [1.54, 1.807) is 13.1 Å². The average molecular weight is 510 g/mol. The third kappa shape index (κ3) is 3.95. The maximum Gasteiger partial charge on any atom is 0.266 e. The van der Waals surface area contributed by atoms with E-state index in [0.29, 0.717) is 41.0 Å². The maximum absolute atomic E-state index is 14.9. The maximum atomic E-state index is 14.9. The molecule has 7 nitrogen and oxygen atoms in total. The summed E-state index contributed by atoms with van der Waals surface area (Å²) in [6, 6.07) is 4.44. The molecule has 1 aliphatic carbocycles. The summed E-state index contributed by atoms with van der Waals surface area (Å²) >= 11 is 0. The largest absolute Gasteiger partial charge is 0.383 e. The van der Waals surface area contributed by atoms with Gasteiger partial charge < -0.3 is 19.8 Å². The van der Waals surface area contributed by atoms with Gasteiger partial charge in [0.15, 0.2) is 5.79 Å². The number of benzene rings is 1. The van der Waals surface area contributed by atoms with Crippen molar-refractivity contribution in [2.45, 2.75) is 64.1 Å². The smallest absolute Gasteiger partial charge is 0.266 e. The highest BCUT2D eigenvalue weighted by Gasteiger charge is 2.50. The van der Waals surface area contributed by atoms with Gasteiger partial charge in [0.1, 0.15) is 35.8 Å². The van der Waals surface area contributed by atoms with E-state index < -0.39 is 23.6 Å². The Labute approximate surface area is 211 Å². The zero-order valence-electron chi connectivity index (χ0n) is 20.6. The van der Waals surface area contributed by atoms with E-state index >= 15 is 0 Å². The Morgan fingerprint density at radius 3 is 2.68 bits per heavy atom. The molecule has 3 aromatic heterocycles. The van der Waals surface area contributed by atoms with Gasteiger partial charge in [0.05, 0.1) is 17.0 Å². The molecule has 1 fully saturated rings. The van der Waals surface area contributed by atoms with E-state index in [1.165, 1.54) is 18.5 Å². The standard InChI is InChI=1S/C27H26F3N5O2/c1-13-8-17-19(11-32-13)14(9-18(21(17)28)24(29)30)4-5-15-10-20(23-22(15)36-27(2,3)37-23)35-7-6-16-25(31)33-12-34-26(16)35/h6-12,20,22-24H,4-5H2,1-3H3,(H2,31,33,34)/t20-,22-,23+/m1/s1. The number of hydrogen-bond donors (Lipinski definition) is 1. The van der Waals surface area contributed by atoms with E-state index in [-0.39, 0.29) is 23.6 Å². The van der Waals surface area contributed by atoms with E-state index in [9.17, 15) is 13.2 Å². The quantitative estimate of drug-likeness (QED) is 0.354. The molecule has 0 radical (unpaired) electrons. The van der Waals surface area contributed by atoms with Crippen molar-refractivity contribution in [3.63, 3.8) is 0 Å². The number of anilines is 1. The van der Waals surface area contributed by atoms with Gasteiger partial charge in [-0.15, -0.1) is 0 Å². The number of pyridine rings is 1. The number of halogens is 3. The summed E-state index contributed by atoms with van der Waals surface area (Å²) in [5, 5.41) is 1.44. The second-order valence-electron chi connectivity index (χ2n) is 10.1. The number of rotatable bonds is 5. The molecule has 1 aliphatic heterocycles. The molecule has 6 rings (SSSR count). The predicted molar refractivity (Wildman–Crippen MR) is 133 cm³/mol. The molecule has 37 heavy (non-hydrogen) atoms. The van der Waals surface area contributed by atoms with Gasteiger partial charge in [0, 0.05) is 28.9 Å².